The van der Waals surface area contributed by atoms with Crippen LogP contribution in [0.2, 0.25) is 0 Å². The first-order valence-electron chi connectivity index (χ1n) is 8.66. The molecule has 0 rings (SSSR count). The molecule has 0 fully saturated rings. The van der Waals surface area contributed by atoms with Crippen molar-refractivity contribution in [3.05, 3.63) is 24.7 Å². The normalized spacial score (nSPS) is 12.1. The monoisotopic (exact) mass is 354 g/mol. The first-order chi connectivity index (χ1) is 11.2. The molecular formula is C20H34O5. The molecule has 0 aliphatic rings. The van der Waals surface area contributed by atoms with E-state index in [1.807, 2.05) is 13.8 Å². The Kier molecular flexibility index (Phi) is 8.42. The third-order valence-electron chi connectivity index (χ3n) is 4.99. The highest BCUT2D eigenvalue weighted by atomic mass is 16.6. The molecule has 0 aliphatic carbocycles. The van der Waals surface area contributed by atoms with Crippen LogP contribution in [0.15, 0.2) is 24.7 Å². The predicted octanol–water partition coefficient (Wildman–Crippen LogP) is 4.62. The van der Waals surface area contributed by atoms with Gasteiger partial charge in [-0.3, -0.25) is 0 Å². The van der Waals surface area contributed by atoms with E-state index in [9.17, 15) is 9.59 Å². The maximum absolute atomic E-state index is 12.0. The van der Waals surface area contributed by atoms with Crippen LogP contribution in [0.25, 0.3) is 0 Å². The van der Waals surface area contributed by atoms with E-state index >= 15 is 0 Å². The number of rotatable bonds is 10. The number of carbonyl (C=O) groups is 2. The van der Waals surface area contributed by atoms with Crippen molar-refractivity contribution in [1.29, 1.82) is 0 Å². The van der Waals surface area contributed by atoms with Crippen LogP contribution in [-0.2, 0) is 23.8 Å². The molecule has 0 aromatic heterocycles. The molecule has 144 valence electrons. The zero-order valence-corrected chi connectivity index (χ0v) is 17.0. The Morgan fingerprint density at radius 1 is 0.880 bits per heavy atom. The van der Waals surface area contributed by atoms with Crippen molar-refractivity contribution in [3.63, 3.8) is 0 Å². The molecule has 0 spiro atoms. The second-order valence-corrected chi connectivity index (χ2v) is 8.13. The van der Waals surface area contributed by atoms with Crippen LogP contribution in [0.5, 0.6) is 0 Å². The number of hydrogen-bond donors (Lipinski definition) is 0. The number of carbonyl (C=O) groups excluding carboxylic acids is 2. The van der Waals surface area contributed by atoms with Crippen molar-refractivity contribution in [2.45, 2.75) is 67.4 Å². The highest BCUT2D eigenvalue weighted by Gasteiger charge is 2.29. The molecule has 0 heterocycles. The Labute approximate surface area is 152 Å². The van der Waals surface area contributed by atoms with Crippen LogP contribution >= 0.6 is 0 Å². The van der Waals surface area contributed by atoms with Crippen LogP contribution in [0, 0.1) is 17.3 Å². The molecule has 0 unspecified atom stereocenters. The fraction of sp³-hybridized carbons (Fsp3) is 0.700. The van der Waals surface area contributed by atoms with Crippen LogP contribution in [-0.4, -0.2) is 24.1 Å². The van der Waals surface area contributed by atoms with E-state index in [0.717, 1.165) is 6.42 Å². The smallest absolute Gasteiger partial charge is 0.374 e. The van der Waals surface area contributed by atoms with Gasteiger partial charge in [-0.25, -0.2) is 9.59 Å². The van der Waals surface area contributed by atoms with E-state index in [1.165, 1.54) is 0 Å². The van der Waals surface area contributed by atoms with Gasteiger partial charge < -0.3 is 14.2 Å². The van der Waals surface area contributed by atoms with Crippen molar-refractivity contribution in [1.82, 2.24) is 0 Å². The van der Waals surface area contributed by atoms with Crippen LogP contribution in [0.3, 0.4) is 0 Å². The molecule has 0 bridgehead atoms. The lowest BCUT2D eigenvalue weighted by atomic mass is 9.79. The molecule has 5 nitrogen and oxygen atoms in total. The van der Waals surface area contributed by atoms with Gasteiger partial charge in [-0.2, -0.15) is 0 Å². The summed E-state index contributed by atoms with van der Waals surface area (Å²) in [6, 6.07) is 0. The Morgan fingerprint density at radius 3 is 1.80 bits per heavy atom. The maximum atomic E-state index is 12.0. The van der Waals surface area contributed by atoms with Crippen molar-refractivity contribution in [2.75, 3.05) is 6.61 Å². The van der Waals surface area contributed by atoms with Gasteiger partial charge in [-0.1, -0.05) is 41.5 Å². The van der Waals surface area contributed by atoms with Crippen LogP contribution in [0.1, 0.15) is 61.8 Å². The Bertz CT molecular complexity index is 512. The largest absolute Gasteiger partial charge is 0.460 e. The molecule has 0 aromatic carbocycles. The summed E-state index contributed by atoms with van der Waals surface area (Å²) in [7, 11) is 0. The third kappa shape index (κ3) is 7.76. The maximum Gasteiger partial charge on any atom is 0.374 e. The van der Waals surface area contributed by atoms with Gasteiger partial charge in [0.2, 0.25) is 11.5 Å². The lowest BCUT2D eigenvalue weighted by molar-refractivity contribution is -0.159. The summed E-state index contributed by atoms with van der Waals surface area (Å²) < 4.78 is 15.6. The van der Waals surface area contributed by atoms with Gasteiger partial charge in [0, 0.05) is 0 Å². The number of hydrogen-bond acceptors (Lipinski definition) is 5. The molecule has 5 heteroatoms. The summed E-state index contributed by atoms with van der Waals surface area (Å²) in [5, 5.41) is 0. The quantitative estimate of drug-likeness (QED) is 0.325. The van der Waals surface area contributed by atoms with Gasteiger partial charge in [0.15, 0.2) is 0 Å². The summed E-state index contributed by atoms with van der Waals surface area (Å²) in [6.45, 7) is 23.2. The second-order valence-electron chi connectivity index (χ2n) is 8.13. The van der Waals surface area contributed by atoms with Crippen LogP contribution < -0.4 is 0 Å². The SMILES string of the molecule is C=C(OC(=C)C(=O)OC(C)(C)C(C)C)C(=O)OCCC(C)(C)C(C)C. The van der Waals surface area contributed by atoms with Gasteiger partial charge in [-0.05, 0) is 50.7 Å². The molecule has 0 saturated carbocycles. The zero-order valence-electron chi connectivity index (χ0n) is 17.0. The zero-order chi connectivity index (χ0) is 20.0. The van der Waals surface area contributed by atoms with E-state index in [1.54, 1.807) is 13.8 Å². The Morgan fingerprint density at radius 2 is 1.36 bits per heavy atom. The van der Waals surface area contributed by atoms with Gasteiger partial charge in [-0.15, -0.1) is 0 Å². The highest BCUT2D eigenvalue weighted by molar-refractivity contribution is 5.90. The average Bonchev–Trinajstić information content (AvgIpc) is 2.45. The van der Waals surface area contributed by atoms with Crippen molar-refractivity contribution < 1.29 is 23.8 Å². The standard InChI is InChI=1S/C20H34O5/c1-13(2)19(7,8)11-12-23-17(21)15(5)24-16(6)18(22)25-20(9,10)14(3)4/h13-14H,5-6,11-12H2,1-4,7-10H3. The predicted molar refractivity (Wildman–Crippen MR) is 98.6 cm³/mol. The Hall–Kier alpha value is -1.78. The molecule has 0 atom stereocenters. The number of esters is 2. The molecule has 0 saturated heterocycles. The lowest BCUT2D eigenvalue weighted by Crippen LogP contribution is -2.34. The molecule has 0 radical (unpaired) electrons. The molecular weight excluding hydrogens is 320 g/mol. The van der Waals surface area contributed by atoms with Crippen molar-refractivity contribution in [3.8, 4) is 0 Å². The summed E-state index contributed by atoms with van der Waals surface area (Å²) in [4.78, 5) is 23.9. The minimum absolute atomic E-state index is 0.0539. The minimum Gasteiger partial charge on any atom is -0.460 e. The van der Waals surface area contributed by atoms with Gasteiger partial charge in [0.05, 0.1) is 6.61 Å². The first kappa shape index (κ1) is 23.2. The molecule has 0 N–H and O–H groups in total. The van der Waals surface area contributed by atoms with E-state index in [0.29, 0.717) is 5.92 Å². The molecule has 0 amide bonds. The van der Waals surface area contributed by atoms with Gasteiger partial charge >= 0.3 is 11.9 Å². The lowest BCUT2D eigenvalue weighted by Gasteiger charge is -2.29. The minimum atomic E-state index is -0.728. The van der Waals surface area contributed by atoms with E-state index in [2.05, 4.69) is 40.9 Å². The van der Waals surface area contributed by atoms with Crippen molar-refractivity contribution in [2.24, 2.45) is 17.3 Å². The van der Waals surface area contributed by atoms with E-state index < -0.39 is 17.5 Å². The first-order valence-corrected chi connectivity index (χ1v) is 8.66. The third-order valence-corrected chi connectivity index (χ3v) is 4.99. The fourth-order valence-electron chi connectivity index (χ4n) is 1.42. The second kappa shape index (κ2) is 9.07. The Balaban J connectivity index is 4.46. The van der Waals surface area contributed by atoms with Crippen molar-refractivity contribution >= 4 is 11.9 Å². The molecule has 0 aliphatic heterocycles. The topological polar surface area (TPSA) is 61.8 Å². The average molecular weight is 354 g/mol. The summed E-state index contributed by atoms with van der Waals surface area (Å²) in [5.74, 6) is -1.44. The van der Waals surface area contributed by atoms with E-state index in [-0.39, 0.29) is 29.5 Å². The van der Waals surface area contributed by atoms with Gasteiger partial charge in [0.25, 0.3) is 0 Å². The van der Waals surface area contributed by atoms with Crippen LogP contribution in [0.4, 0.5) is 0 Å². The molecule has 0 aromatic rings. The summed E-state index contributed by atoms with van der Waals surface area (Å²) in [5.41, 5.74) is -0.619. The number of ether oxygens (including phenoxy) is 3. The molecule has 25 heavy (non-hydrogen) atoms. The van der Waals surface area contributed by atoms with Gasteiger partial charge in [0.1, 0.15) is 5.60 Å². The summed E-state index contributed by atoms with van der Waals surface area (Å²) in [6.07, 6.45) is 0.718. The van der Waals surface area contributed by atoms with E-state index in [4.69, 9.17) is 14.2 Å². The summed E-state index contributed by atoms with van der Waals surface area (Å²) >= 11 is 0. The fourth-order valence-corrected chi connectivity index (χ4v) is 1.42. The highest BCUT2D eigenvalue weighted by Crippen LogP contribution is 2.30.